The molecule has 0 aliphatic rings. The van der Waals surface area contributed by atoms with Crippen LogP contribution in [0.15, 0.2) is 6.07 Å². The van der Waals surface area contributed by atoms with Gasteiger partial charge in [-0.05, 0) is 50.8 Å². The Balaban J connectivity index is 2.77. The van der Waals surface area contributed by atoms with Crippen molar-refractivity contribution in [2.24, 2.45) is 5.92 Å². The van der Waals surface area contributed by atoms with E-state index in [0.29, 0.717) is 6.04 Å². The predicted molar refractivity (Wildman–Crippen MR) is 78.9 cm³/mol. The molecule has 0 saturated carbocycles. The molecule has 2 atom stereocenters. The van der Waals surface area contributed by atoms with Crippen LogP contribution in [0.2, 0.25) is 0 Å². The molecule has 0 saturated heterocycles. The van der Waals surface area contributed by atoms with Gasteiger partial charge >= 0.3 is 0 Å². The van der Waals surface area contributed by atoms with E-state index in [1.165, 1.54) is 34.6 Å². The van der Waals surface area contributed by atoms with Crippen LogP contribution in [0.4, 0.5) is 0 Å². The van der Waals surface area contributed by atoms with E-state index in [1.54, 1.807) is 0 Å². The molecule has 2 heteroatoms. The second-order valence-electron chi connectivity index (χ2n) is 5.12. The van der Waals surface area contributed by atoms with Crippen molar-refractivity contribution < 1.29 is 0 Å². The summed E-state index contributed by atoms with van der Waals surface area (Å²) in [4.78, 5) is 2.92. The molecule has 0 radical (unpaired) electrons. The molecule has 17 heavy (non-hydrogen) atoms. The fourth-order valence-electron chi connectivity index (χ4n) is 2.20. The maximum Gasteiger partial charge on any atom is 0.0333 e. The highest BCUT2D eigenvalue weighted by Crippen LogP contribution is 2.30. The van der Waals surface area contributed by atoms with Crippen LogP contribution in [0, 0.1) is 19.8 Å². The van der Waals surface area contributed by atoms with E-state index < -0.39 is 0 Å². The fraction of sp³-hybridized carbons (Fsp3) is 0.733. The molecule has 1 aromatic heterocycles. The normalized spacial score (nSPS) is 14.9. The Morgan fingerprint density at radius 2 is 2.00 bits per heavy atom. The Kier molecular flexibility index (Phi) is 6.21. The van der Waals surface area contributed by atoms with Gasteiger partial charge in [-0.2, -0.15) is 0 Å². The zero-order valence-electron chi connectivity index (χ0n) is 12.0. The van der Waals surface area contributed by atoms with Crippen LogP contribution >= 0.6 is 11.3 Å². The van der Waals surface area contributed by atoms with Crippen molar-refractivity contribution in [2.45, 2.75) is 59.9 Å². The summed E-state index contributed by atoms with van der Waals surface area (Å²) < 4.78 is 0. The van der Waals surface area contributed by atoms with Gasteiger partial charge in [-0.3, -0.25) is 0 Å². The quantitative estimate of drug-likeness (QED) is 0.733. The van der Waals surface area contributed by atoms with Gasteiger partial charge in [-0.15, -0.1) is 11.3 Å². The molecule has 0 amide bonds. The number of thiophene rings is 1. The van der Waals surface area contributed by atoms with E-state index in [-0.39, 0.29) is 0 Å². The fourth-order valence-corrected chi connectivity index (χ4v) is 3.19. The monoisotopic (exact) mass is 253 g/mol. The van der Waals surface area contributed by atoms with Crippen molar-refractivity contribution >= 4 is 11.3 Å². The number of hydrogen-bond donors (Lipinski definition) is 1. The van der Waals surface area contributed by atoms with Crippen LogP contribution < -0.4 is 5.32 Å². The van der Waals surface area contributed by atoms with Gasteiger partial charge in [0.2, 0.25) is 0 Å². The molecule has 0 aliphatic heterocycles. The molecule has 0 aromatic carbocycles. The first-order valence-electron chi connectivity index (χ1n) is 6.88. The zero-order valence-corrected chi connectivity index (χ0v) is 12.8. The minimum absolute atomic E-state index is 0.551. The smallest absolute Gasteiger partial charge is 0.0333 e. The van der Waals surface area contributed by atoms with E-state index in [9.17, 15) is 0 Å². The highest BCUT2D eigenvalue weighted by atomic mass is 32.1. The predicted octanol–water partition coefficient (Wildman–Crippen LogP) is 4.84. The van der Waals surface area contributed by atoms with Gasteiger partial charge in [0, 0.05) is 15.8 Å². The third-order valence-corrected chi connectivity index (χ3v) is 4.41. The summed E-state index contributed by atoms with van der Waals surface area (Å²) in [5.41, 5.74) is 1.53. The Morgan fingerprint density at radius 3 is 2.47 bits per heavy atom. The number of hydrogen-bond acceptors (Lipinski definition) is 2. The molecule has 1 nitrogen and oxygen atoms in total. The Bertz CT molecular complexity index is 330. The van der Waals surface area contributed by atoms with Gasteiger partial charge in [0.1, 0.15) is 0 Å². The van der Waals surface area contributed by atoms with E-state index >= 15 is 0 Å². The van der Waals surface area contributed by atoms with Crippen molar-refractivity contribution in [3.05, 3.63) is 21.4 Å². The Morgan fingerprint density at radius 1 is 1.29 bits per heavy atom. The molecule has 0 bridgehead atoms. The first-order chi connectivity index (χ1) is 8.08. The summed E-state index contributed by atoms with van der Waals surface area (Å²) in [6.07, 6.45) is 3.74. The summed E-state index contributed by atoms with van der Waals surface area (Å²) in [5, 5.41) is 3.71. The van der Waals surface area contributed by atoms with Crippen molar-refractivity contribution in [1.82, 2.24) is 5.32 Å². The topological polar surface area (TPSA) is 12.0 Å². The SMILES string of the molecule is CCCNC(CC(C)CC)c1cc(C)sc1C. The summed E-state index contributed by atoms with van der Waals surface area (Å²) in [6, 6.07) is 2.92. The van der Waals surface area contributed by atoms with Crippen molar-refractivity contribution in [3.8, 4) is 0 Å². The van der Waals surface area contributed by atoms with Crippen LogP contribution in [-0.4, -0.2) is 6.54 Å². The van der Waals surface area contributed by atoms with Crippen LogP contribution in [0.3, 0.4) is 0 Å². The Labute approximate surface area is 111 Å². The number of rotatable bonds is 7. The van der Waals surface area contributed by atoms with E-state index in [2.05, 4.69) is 46.0 Å². The van der Waals surface area contributed by atoms with Gasteiger partial charge in [0.25, 0.3) is 0 Å². The molecule has 98 valence electrons. The van der Waals surface area contributed by atoms with Crippen molar-refractivity contribution in [3.63, 3.8) is 0 Å². The highest BCUT2D eigenvalue weighted by Gasteiger charge is 2.17. The third kappa shape index (κ3) is 4.44. The molecule has 0 fully saturated rings. The van der Waals surface area contributed by atoms with E-state index in [4.69, 9.17) is 0 Å². The van der Waals surface area contributed by atoms with Gasteiger partial charge in [-0.1, -0.05) is 27.2 Å². The second-order valence-corrected chi connectivity index (χ2v) is 6.58. The molecular formula is C15H27NS. The molecule has 1 aromatic rings. The van der Waals surface area contributed by atoms with Crippen LogP contribution in [0.5, 0.6) is 0 Å². The van der Waals surface area contributed by atoms with Crippen LogP contribution in [-0.2, 0) is 0 Å². The lowest BCUT2D eigenvalue weighted by Gasteiger charge is -2.22. The maximum atomic E-state index is 3.71. The standard InChI is InChI=1S/C15H27NS/c1-6-8-16-15(9-11(3)7-2)14-10-12(4)17-13(14)5/h10-11,15-16H,6-9H2,1-5H3. The lowest BCUT2D eigenvalue weighted by molar-refractivity contribution is 0.402. The molecule has 1 heterocycles. The molecule has 2 unspecified atom stereocenters. The molecule has 0 aliphatic carbocycles. The van der Waals surface area contributed by atoms with E-state index in [1.807, 2.05) is 11.3 Å². The van der Waals surface area contributed by atoms with Crippen LogP contribution in [0.25, 0.3) is 0 Å². The second kappa shape index (κ2) is 7.17. The van der Waals surface area contributed by atoms with Gasteiger partial charge in [0.15, 0.2) is 0 Å². The summed E-state index contributed by atoms with van der Waals surface area (Å²) in [5.74, 6) is 0.795. The minimum atomic E-state index is 0.551. The van der Waals surface area contributed by atoms with Crippen LogP contribution in [0.1, 0.15) is 61.4 Å². The first kappa shape index (κ1) is 14.7. The first-order valence-corrected chi connectivity index (χ1v) is 7.70. The molecular weight excluding hydrogens is 226 g/mol. The average Bonchev–Trinajstić information content (AvgIpc) is 2.63. The largest absolute Gasteiger partial charge is 0.310 e. The third-order valence-electron chi connectivity index (χ3n) is 3.43. The van der Waals surface area contributed by atoms with Gasteiger partial charge in [-0.25, -0.2) is 0 Å². The average molecular weight is 253 g/mol. The Hall–Kier alpha value is -0.340. The summed E-state index contributed by atoms with van der Waals surface area (Å²) in [6.45, 7) is 12.5. The lowest BCUT2D eigenvalue weighted by atomic mass is 9.94. The molecule has 1 rings (SSSR count). The van der Waals surface area contributed by atoms with Gasteiger partial charge < -0.3 is 5.32 Å². The minimum Gasteiger partial charge on any atom is -0.310 e. The lowest BCUT2D eigenvalue weighted by Crippen LogP contribution is -2.24. The summed E-state index contributed by atoms with van der Waals surface area (Å²) >= 11 is 1.93. The summed E-state index contributed by atoms with van der Waals surface area (Å²) in [7, 11) is 0. The zero-order chi connectivity index (χ0) is 12.8. The van der Waals surface area contributed by atoms with E-state index in [0.717, 1.165) is 12.5 Å². The van der Waals surface area contributed by atoms with Crippen molar-refractivity contribution in [2.75, 3.05) is 6.54 Å². The maximum absolute atomic E-state index is 3.71. The number of nitrogens with one attached hydrogen (secondary N) is 1. The highest BCUT2D eigenvalue weighted by molar-refractivity contribution is 7.12. The molecule has 1 N–H and O–H groups in total. The van der Waals surface area contributed by atoms with Crippen molar-refractivity contribution in [1.29, 1.82) is 0 Å². The molecule has 0 spiro atoms. The number of aryl methyl sites for hydroxylation is 2. The van der Waals surface area contributed by atoms with Gasteiger partial charge in [0.05, 0.1) is 0 Å².